The van der Waals surface area contributed by atoms with E-state index in [4.69, 9.17) is 5.73 Å². The Kier molecular flexibility index (Phi) is 4.30. The number of carbonyl (C=O) groups excluding carboxylic acids is 1. The highest BCUT2D eigenvalue weighted by atomic mass is 32.2. The molecule has 0 fully saturated rings. The van der Waals surface area contributed by atoms with Crippen molar-refractivity contribution in [3.8, 4) is 0 Å². The standard InChI is InChI=1S/C14H14N6OS2/c1-8-6-22-13(18-8)19-12(21)10-5-9(3-4-11(10)15)23-14-16-7-17-20(14)2/h3-7H,15H2,1-2H3,(H,18,19,21). The van der Waals surface area contributed by atoms with Gasteiger partial charge in [0.25, 0.3) is 5.91 Å². The summed E-state index contributed by atoms with van der Waals surface area (Å²) in [5, 5.41) is 9.94. The maximum Gasteiger partial charge on any atom is 0.259 e. The van der Waals surface area contributed by atoms with Crippen LogP contribution in [0.4, 0.5) is 10.8 Å². The summed E-state index contributed by atoms with van der Waals surface area (Å²) in [5.74, 6) is -0.280. The first-order valence-corrected chi connectivity index (χ1v) is 8.37. The molecule has 3 aromatic rings. The number of anilines is 2. The fourth-order valence-corrected chi connectivity index (χ4v) is 3.34. The van der Waals surface area contributed by atoms with Gasteiger partial charge in [0.15, 0.2) is 10.3 Å². The van der Waals surface area contributed by atoms with Crippen molar-refractivity contribution in [3.05, 3.63) is 41.2 Å². The van der Waals surface area contributed by atoms with Crippen molar-refractivity contribution < 1.29 is 4.79 Å². The third kappa shape index (κ3) is 3.51. The van der Waals surface area contributed by atoms with Gasteiger partial charge < -0.3 is 5.73 Å². The summed E-state index contributed by atoms with van der Waals surface area (Å²) in [4.78, 5) is 21.6. The van der Waals surface area contributed by atoms with E-state index >= 15 is 0 Å². The fourth-order valence-electron chi connectivity index (χ4n) is 1.85. The number of hydrogen-bond acceptors (Lipinski definition) is 7. The topological polar surface area (TPSA) is 98.7 Å². The summed E-state index contributed by atoms with van der Waals surface area (Å²) in [6.45, 7) is 1.87. The van der Waals surface area contributed by atoms with E-state index < -0.39 is 0 Å². The highest BCUT2D eigenvalue weighted by Crippen LogP contribution is 2.28. The Morgan fingerprint density at radius 2 is 2.26 bits per heavy atom. The first kappa shape index (κ1) is 15.5. The van der Waals surface area contributed by atoms with E-state index in [0.717, 1.165) is 15.7 Å². The number of aromatic nitrogens is 4. The number of nitrogens with one attached hydrogen (secondary N) is 1. The molecule has 0 bridgehead atoms. The van der Waals surface area contributed by atoms with E-state index in [-0.39, 0.29) is 5.91 Å². The van der Waals surface area contributed by atoms with E-state index in [1.54, 1.807) is 16.8 Å². The fraction of sp³-hybridized carbons (Fsp3) is 0.143. The second-order valence-electron chi connectivity index (χ2n) is 4.77. The zero-order valence-electron chi connectivity index (χ0n) is 12.5. The average Bonchev–Trinajstić information content (AvgIpc) is 3.10. The minimum atomic E-state index is -0.280. The van der Waals surface area contributed by atoms with Crippen LogP contribution >= 0.6 is 23.1 Å². The molecule has 0 radical (unpaired) electrons. The Morgan fingerprint density at radius 1 is 1.43 bits per heavy atom. The Morgan fingerprint density at radius 3 is 2.91 bits per heavy atom. The summed E-state index contributed by atoms with van der Waals surface area (Å²) < 4.78 is 1.67. The quantitative estimate of drug-likeness (QED) is 0.705. The van der Waals surface area contributed by atoms with Gasteiger partial charge in [-0.2, -0.15) is 5.10 Å². The van der Waals surface area contributed by atoms with Gasteiger partial charge in [-0.15, -0.1) is 11.3 Å². The van der Waals surface area contributed by atoms with Gasteiger partial charge in [0.2, 0.25) is 0 Å². The van der Waals surface area contributed by atoms with Crippen LogP contribution in [0.2, 0.25) is 0 Å². The molecule has 9 heteroatoms. The molecule has 0 aliphatic heterocycles. The minimum Gasteiger partial charge on any atom is -0.398 e. The van der Waals surface area contributed by atoms with Crippen LogP contribution in [0.3, 0.4) is 0 Å². The van der Waals surface area contributed by atoms with Crippen molar-refractivity contribution in [1.82, 2.24) is 19.7 Å². The number of hydrogen-bond donors (Lipinski definition) is 2. The van der Waals surface area contributed by atoms with Gasteiger partial charge in [-0.05, 0) is 25.1 Å². The zero-order chi connectivity index (χ0) is 16.4. The van der Waals surface area contributed by atoms with Crippen molar-refractivity contribution >= 4 is 39.8 Å². The third-order valence-corrected chi connectivity index (χ3v) is 4.91. The van der Waals surface area contributed by atoms with Crippen LogP contribution in [-0.2, 0) is 7.05 Å². The van der Waals surface area contributed by atoms with Crippen molar-refractivity contribution in [2.75, 3.05) is 11.1 Å². The maximum absolute atomic E-state index is 12.4. The molecule has 1 amide bonds. The van der Waals surface area contributed by atoms with Crippen molar-refractivity contribution in [1.29, 1.82) is 0 Å². The molecule has 3 N–H and O–H groups in total. The third-order valence-electron chi connectivity index (χ3n) is 2.99. The van der Waals surface area contributed by atoms with Crippen LogP contribution in [0, 0.1) is 6.92 Å². The van der Waals surface area contributed by atoms with E-state index in [1.807, 2.05) is 25.4 Å². The molecule has 7 nitrogen and oxygen atoms in total. The lowest BCUT2D eigenvalue weighted by atomic mass is 10.1. The number of nitrogens with two attached hydrogens (primary N) is 1. The lowest BCUT2D eigenvalue weighted by Gasteiger charge is -2.08. The summed E-state index contributed by atoms with van der Waals surface area (Å²) in [6.07, 6.45) is 1.48. The van der Waals surface area contributed by atoms with Crippen molar-refractivity contribution in [2.45, 2.75) is 17.0 Å². The largest absolute Gasteiger partial charge is 0.398 e. The van der Waals surface area contributed by atoms with E-state index in [0.29, 0.717) is 16.4 Å². The SMILES string of the molecule is Cc1csc(NC(=O)c2cc(Sc3ncnn3C)ccc2N)n1. The average molecular weight is 346 g/mol. The smallest absolute Gasteiger partial charge is 0.259 e. The van der Waals surface area contributed by atoms with Crippen LogP contribution < -0.4 is 11.1 Å². The monoisotopic (exact) mass is 346 g/mol. The minimum absolute atomic E-state index is 0.280. The van der Waals surface area contributed by atoms with Crippen molar-refractivity contribution in [3.63, 3.8) is 0 Å². The molecule has 23 heavy (non-hydrogen) atoms. The Hall–Kier alpha value is -2.39. The van der Waals surface area contributed by atoms with Gasteiger partial charge in [-0.25, -0.2) is 14.6 Å². The van der Waals surface area contributed by atoms with E-state index in [9.17, 15) is 4.79 Å². The molecule has 0 aliphatic carbocycles. The molecule has 2 aromatic heterocycles. The Bertz CT molecular complexity index is 857. The summed E-state index contributed by atoms with van der Waals surface area (Å²) in [7, 11) is 1.81. The van der Waals surface area contributed by atoms with Crippen LogP contribution in [0.5, 0.6) is 0 Å². The molecular formula is C14H14N6OS2. The number of carbonyl (C=O) groups is 1. The zero-order valence-corrected chi connectivity index (χ0v) is 14.1. The Labute approximate surface area is 141 Å². The van der Waals surface area contributed by atoms with Gasteiger partial charge in [0.1, 0.15) is 6.33 Å². The molecular weight excluding hydrogens is 332 g/mol. The van der Waals surface area contributed by atoms with Gasteiger partial charge in [-0.3, -0.25) is 10.1 Å². The van der Waals surface area contributed by atoms with E-state index in [1.165, 1.54) is 29.4 Å². The number of nitrogen functional groups attached to an aromatic ring is 1. The highest BCUT2D eigenvalue weighted by Gasteiger charge is 2.14. The molecule has 0 aliphatic rings. The predicted molar refractivity (Wildman–Crippen MR) is 90.8 cm³/mol. The number of benzene rings is 1. The first-order valence-electron chi connectivity index (χ1n) is 6.68. The number of aryl methyl sites for hydroxylation is 2. The second kappa shape index (κ2) is 6.39. The lowest BCUT2D eigenvalue weighted by Crippen LogP contribution is -2.14. The molecule has 1 aromatic carbocycles. The second-order valence-corrected chi connectivity index (χ2v) is 6.66. The highest BCUT2D eigenvalue weighted by molar-refractivity contribution is 7.99. The van der Waals surface area contributed by atoms with Crippen LogP contribution in [-0.4, -0.2) is 25.7 Å². The number of thiazole rings is 1. The molecule has 118 valence electrons. The lowest BCUT2D eigenvalue weighted by molar-refractivity contribution is 0.102. The van der Waals surface area contributed by atoms with Crippen LogP contribution in [0.25, 0.3) is 0 Å². The molecule has 3 rings (SSSR count). The summed E-state index contributed by atoms with van der Waals surface area (Å²) >= 11 is 2.79. The normalized spacial score (nSPS) is 10.7. The van der Waals surface area contributed by atoms with Crippen LogP contribution in [0.15, 0.2) is 40.0 Å². The van der Waals surface area contributed by atoms with E-state index in [2.05, 4.69) is 20.4 Å². The molecule has 0 unspecified atom stereocenters. The van der Waals surface area contributed by atoms with Gasteiger partial charge in [0, 0.05) is 23.0 Å². The van der Waals surface area contributed by atoms with Crippen molar-refractivity contribution in [2.24, 2.45) is 7.05 Å². The van der Waals surface area contributed by atoms with Gasteiger partial charge in [0.05, 0.1) is 11.3 Å². The Balaban J connectivity index is 1.82. The summed E-state index contributed by atoms with van der Waals surface area (Å²) in [6, 6.07) is 5.30. The molecule has 0 saturated heterocycles. The van der Waals surface area contributed by atoms with Gasteiger partial charge in [-0.1, -0.05) is 11.8 Å². The molecule has 0 saturated carbocycles. The number of nitrogens with zero attached hydrogens (tertiary/aromatic N) is 4. The number of rotatable bonds is 4. The maximum atomic E-state index is 12.4. The molecule has 0 atom stereocenters. The first-order chi connectivity index (χ1) is 11.0. The summed E-state index contributed by atoms with van der Waals surface area (Å²) in [5.41, 5.74) is 7.62. The van der Waals surface area contributed by atoms with Crippen LogP contribution in [0.1, 0.15) is 16.1 Å². The van der Waals surface area contributed by atoms with Gasteiger partial charge >= 0.3 is 0 Å². The molecule has 0 spiro atoms. The predicted octanol–water partition coefficient (Wildman–Crippen LogP) is 2.57. The molecule has 2 heterocycles. The number of amides is 1.